The normalized spacial score (nSPS) is 13.7. The van der Waals surface area contributed by atoms with Crippen LogP contribution in [0.3, 0.4) is 0 Å². The van der Waals surface area contributed by atoms with Crippen LogP contribution in [0.5, 0.6) is 0 Å². The summed E-state index contributed by atoms with van der Waals surface area (Å²) in [7, 11) is 0. The molecule has 1 aromatic rings. The van der Waals surface area contributed by atoms with Crippen molar-refractivity contribution in [3.05, 3.63) is 23.4 Å². The molecule has 7 heteroatoms. The van der Waals surface area contributed by atoms with Crippen molar-refractivity contribution in [2.75, 3.05) is 12.4 Å². The molecule has 1 aromatic heterocycles. The Morgan fingerprint density at radius 2 is 2.35 bits per heavy atom. The smallest absolute Gasteiger partial charge is 0.173 e. The lowest BCUT2D eigenvalue weighted by Crippen LogP contribution is -2.18. The van der Waals surface area contributed by atoms with E-state index in [9.17, 15) is 5.11 Å². The van der Waals surface area contributed by atoms with E-state index in [-0.39, 0.29) is 12.4 Å². The highest BCUT2D eigenvalue weighted by atomic mass is 32.2. The minimum Gasteiger partial charge on any atom is -0.409 e. The summed E-state index contributed by atoms with van der Waals surface area (Å²) < 4.78 is 0. The number of oxime groups is 1. The second kappa shape index (κ2) is 6.43. The molecule has 1 rings (SSSR count). The summed E-state index contributed by atoms with van der Waals surface area (Å²) in [6.45, 7) is 1.51. The molecule has 0 aliphatic rings. The molecule has 0 fully saturated rings. The van der Waals surface area contributed by atoms with Crippen LogP contribution in [0.4, 0.5) is 0 Å². The summed E-state index contributed by atoms with van der Waals surface area (Å²) >= 11 is 1.24. The van der Waals surface area contributed by atoms with Crippen LogP contribution in [-0.2, 0) is 0 Å². The van der Waals surface area contributed by atoms with E-state index in [1.807, 2.05) is 6.92 Å². The zero-order valence-electron chi connectivity index (χ0n) is 9.37. The predicted octanol–water partition coefficient (Wildman–Crippen LogP) is -0.0702. The summed E-state index contributed by atoms with van der Waals surface area (Å²) in [6, 6.07) is 1.75. The highest BCUT2D eigenvalue weighted by molar-refractivity contribution is 7.99. The lowest BCUT2D eigenvalue weighted by atomic mass is 10.1. The number of aryl methyl sites for hydroxylation is 1. The standard InChI is InChI=1S/C10H15N3O3S/c1-6-2-3-12-10(8(6)9(11)13-16)17-5-7(15)4-14/h2-3,7,14-16H,4-5H2,1H3,(H2,11,13). The van der Waals surface area contributed by atoms with E-state index in [0.717, 1.165) is 5.56 Å². The van der Waals surface area contributed by atoms with Crippen molar-refractivity contribution in [2.24, 2.45) is 10.9 Å². The van der Waals surface area contributed by atoms with Gasteiger partial charge in [0.05, 0.1) is 18.3 Å². The van der Waals surface area contributed by atoms with Crippen molar-refractivity contribution in [1.29, 1.82) is 0 Å². The fourth-order valence-corrected chi connectivity index (χ4v) is 2.23. The van der Waals surface area contributed by atoms with Crippen LogP contribution in [0.2, 0.25) is 0 Å². The number of thioether (sulfide) groups is 1. The van der Waals surface area contributed by atoms with Gasteiger partial charge in [0.1, 0.15) is 5.03 Å². The SMILES string of the molecule is Cc1ccnc(SCC(O)CO)c1/C(N)=N/O. The van der Waals surface area contributed by atoms with Gasteiger partial charge in [0, 0.05) is 11.9 Å². The molecule has 5 N–H and O–H groups in total. The van der Waals surface area contributed by atoms with Crippen molar-refractivity contribution in [3.63, 3.8) is 0 Å². The molecule has 0 aliphatic carbocycles. The molecule has 1 atom stereocenters. The molecule has 6 nitrogen and oxygen atoms in total. The molecule has 1 unspecified atom stereocenters. The fourth-order valence-electron chi connectivity index (χ4n) is 1.23. The maximum absolute atomic E-state index is 9.27. The molecular weight excluding hydrogens is 242 g/mol. The minimum absolute atomic E-state index is 0.0170. The number of nitrogens with zero attached hydrogens (tertiary/aromatic N) is 2. The molecule has 17 heavy (non-hydrogen) atoms. The van der Waals surface area contributed by atoms with Crippen LogP contribution < -0.4 is 5.73 Å². The van der Waals surface area contributed by atoms with E-state index in [4.69, 9.17) is 16.0 Å². The molecule has 0 radical (unpaired) electrons. The largest absolute Gasteiger partial charge is 0.409 e. The highest BCUT2D eigenvalue weighted by Crippen LogP contribution is 2.23. The maximum atomic E-state index is 9.27. The molecule has 0 amide bonds. The number of pyridine rings is 1. The van der Waals surface area contributed by atoms with Crippen molar-refractivity contribution < 1.29 is 15.4 Å². The van der Waals surface area contributed by atoms with Crippen LogP contribution in [-0.4, -0.2) is 44.7 Å². The number of hydrogen-bond acceptors (Lipinski definition) is 6. The first-order valence-electron chi connectivity index (χ1n) is 4.95. The molecule has 0 bridgehead atoms. The molecular formula is C10H15N3O3S. The average molecular weight is 257 g/mol. The first-order valence-corrected chi connectivity index (χ1v) is 5.94. The van der Waals surface area contributed by atoms with Gasteiger partial charge in [0.2, 0.25) is 0 Å². The van der Waals surface area contributed by atoms with Gasteiger partial charge in [-0.1, -0.05) is 5.16 Å². The van der Waals surface area contributed by atoms with Crippen LogP contribution in [0.15, 0.2) is 22.4 Å². The number of aromatic nitrogens is 1. The average Bonchev–Trinajstić information content (AvgIpc) is 2.35. The third kappa shape index (κ3) is 3.58. The summed E-state index contributed by atoms with van der Waals surface area (Å²) in [5.41, 5.74) is 6.95. The number of aliphatic hydroxyl groups excluding tert-OH is 2. The molecule has 94 valence electrons. The first kappa shape index (κ1) is 13.8. The fraction of sp³-hybridized carbons (Fsp3) is 0.400. The van der Waals surface area contributed by atoms with E-state index >= 15 is 0 Å². The zero-order valence-corrected chi connectivity index (χ0v) is 10.2. The van der Waals surface area contributed by atoms with Gasteiger partial charge in [-0.2, -0.15) is 0 Å². The van der Waals surface area contributed by atoms with Gasteiger partial charge in [-0.25, -0.2) is 4.98 Å². The highest BCUT2D eigenvalue weighted by Gasteiger charge is 2.13. The number of nitrogens with two attached hydrogens (primary N) is 1. The lowest BCUT2D eigenvalue weighted by Gasteiger charge is -2.11. The van der Waals surface area contributed by atoms with Crippen LogP contribution >= 0.6 is 11.8 Å². The number of aliphatic hydroxyl groups is 2. The molecule has 0 aromatic carbocycles. The Kier molecular flexibility index (Phi) is 5.20. The van der Waals surface area contributed by atoms with E-state index in [0.29, 0.717) is 16.3 Å². The summed E-state index contributed by atoms with van der Waals surface area (Å²) in [5.74, 6) is 0.273. The predicted molar refractivity (Wildman–Crippen MR) is 65.3 cm³/mol. The Morgan fingerprint density at radius 1 is 1.65 bits per heavy atom. The monoisotopic (exact) mass is 257 g/mol. The summed E-state index contributed by atoms with van der Waals surface area (Å²) in [4.78, 5) is 4.11. The zero-order chi connectivity index (χ0) is 12.8. The topological polar surface area (TPSA) is 112 Å². The second-order valence-electron chi connectivity index (χ2n) is 3.44. The second-order valence-corrected chi connectivity index (χ2v) is 4.45. The molecule has 0 spiro atoms. The van der Waals surface area contributed by atoms with Gasteiger partial charge in [0.25, 0.3) is 0 Å². The number of amidine groups is 1. The van der Waals surface area contributed by atoms with Gasteiger partial charge < -0.3 is 21.2 Å². The summed E-state index contributed by atoms with van der Waals surface area (Å²) in [6.07, 6.45) is 0.791. The molecule has 0 saturated heterocycles. The summed E-state index contributed by atoms with van der Waals surface area (Å²) in [5, 5.41) is 30.2. The van der Waals surface area contributed by atoms with E-state index < -0.39 is 6.10 Å². The van der Waals surface area contributed by atoms with Crippen LogP contribution in [0.1, 0.15) is 11.1 Å². The van der Waals surface area contributed by atoms with Gasteiger partial charge in [-0.3, -0.25) is 0 Å². The van der Waals surface area contributed by atoms with E-state index in [2.05, 4.69) is 10.1 Å². The van der Waals surface area contributed by atoms with Gasteiger partial charge in [-0.15, -0.1) is 11.8 Å². The van der Waals surface area contributed by atoms with Crippen LogP contribution in [0.25, 0.3) is 0 Å². The third-order valence-corrected chi connectivity index (χ3v) is 3.25. The Labute approximate surface area is 103 Å². The van der Waals surface area contributed by atoms with Crippen molar-refractivity contribution in [2.45, 2.75) is 18.1 Å². The Balaban J connectivity index is 2.95. The van der Waals surface area contributed by atoms with Gasteiger partial charge in [0.15, 0.2) is 5.84 Å². The Bertz CT molecular complexity index is 412. The van der Waals surface area contributed by atoms with E-state index in [1.165, 1.54) is 11.8 Å². The Hall–Kier alpha value is -1.31. The number of hydrogen-bond donors (Lipinski definition) is 4. The lowest BCUT2D eigenvalue weighted by molar-refractivity contribution is 0.113. The maximum Gasteiger partial charge on any atom is 0.173 e. The molecule has 0 aliphatic heterocycles. The van der Waals surface area contributed by atoms with Crippen molar-refractivity contribution >= 4 is 17.6 Å². The van der Waals surface area contributed by atoms with Gasteiger partial charge >= 0.3 is 0 Å². The Morgan fingerprint density at radius 3 is 2.94 bits per heavy atom. The van der Waals surface area contributed by atoms with Crippen LogP contribution in [0, 0.1) is 6.92 Å². The van der Waals surface area contributed by atoms with Crippen molar-refractivity contribution in [1.82, 2.24) is 4.98 Å². The molecule has 0 saturated carbocycles. The van der Waals surface area contributed by atoms with Crippen molar-refractivity contribution in [3.8, 4) is 0 Å². The van der Waals surface area contributed by atoms with Gasteiger partial charge in [-0.05, 0) is 18.6 Å². The molecule has 1 heterocycles. The number of rotatable bonds is 5. The quantitative estimate of drug-likeness (QED) is 0.193. The minimum atomic E-state index is -0.817. The third-order valence-electron chi connectivity index (χ3n) is 2.11. The first-order chi connectivity index (χ1) is 8.10. The van der Waals surface area contributed by atoms with E-state index in [1.54, 1.807) is 12.3 Å².